The predicted octanol–water partition coefficient (Wildman–Crippen LogP) is 4.92. The van der Waals surface area contributed by atoms with E-state index in [0.29, 0.717) is 28.0 Å². The lowest BCUT2D eigenvalue weighted by atomic mass is 10.3. The lowest BCUT2D eigenvalue weighted by Crippen LogP contribution is -2.12. The van der Waals surface area contributed by atoms with Crippen molar-refractivity contribution in [3.05, 3.63) is 58.0 Å². The smallest absolute Gasteiger partial charge is 0.275 e. The first-order valence-electron chi connectivity index (χ1n) is 7.60. The number of halogens is 1. The topological polar surface area (TPSA) is 72.5 Å². The van der Waals surface area contributed by atoms with E-state index in [9.17, 15) is 4.79 Å². The summed E-state index contributed by atoms with van der Waals surface area (Å²) in [5.41, 5.74) is 1.85. The van der Waals surface area contributed by atoms with Gasteiger partial charge in [-0.15, -0.1) is 11.3 Å². The Bertz CT molecular complexity index is 912. The summed E-state index contributed by atoms with van der Waals surface area (Å²) >= 11 is 4.71. The molecule has 1 aromatic heterocycles. The van der Waals surface area contributed by atoms with Crippen LogP contribution in [0.4, 0.5) is 16.5 Å². The van der Waals surface area contributed by atoms with Gasteiger partial charge in [0, 0.05) is 27.3 Å². The van der Waals surface area contributed by atoms with E-state index in [-0.39, 0.29) is 5.91 Å². The molecule has 6 nitrogen and oxygen atoms in total. The van der Waals surface area contributed by atoms with E-state index in [1.54, 1.807) is 25.7 Å². The number of rotatable bonds is 6. The molecule has 1 amide bonds. The molecule has 0 fully saturated rings. The number of amides is 1. The van der Waals surface area contributed by atoms with Crippen molar-refractivity contribution in [2.75, 3.05) is 24.9 Å². The molecule has 0 unspecified atom stereocenters. The van der Waals surface area contributed by atoms with Crippen molar-refractivity contribution < 1.29 is 14.3 Å². The minimum Gasteiger partial charge on any atom is -0.493 e. The summed E-state index contributed by atoms with van der Waals surface area (Å²) in [6.07, 6.45) is 0. The summed E-state index contributed by atoms with van der Waals surface area (Å²) < 4.78 is 11.5. The van der Waals surface area contributed by atoms with Gasteiger partial charge in [0.15, 0.2) is 16.6 Å². The van der Waals surface area contributed by atoms with E-state index in [1.165, 1.54) is 11.3 Å². The van der Waals surface area contributed by atoms with Crippen LogP contribution in [0.5, 0.6) is 11.5 Å². The Hall–Kier alpha value is -2.58. The van der Waals surface area contributed by atoms with E-state index in [2.05, 4.69) is 31.5 Å². The number of aromatic nitrogens is 1. The van der Waals surface area contributed by atoms with Crippen LogP contribution in [0, 0.1) is 0 Å². The Morgan fingerprint density at radius 1 is 1.04 bits per heavy atom. The summed E-state index contributed by atoms with van der Waals surface area (Å²) in [5.74, 6) is 0.998. The molecule has 2 N–H and O–H groups in total. The molecule has 8 heteroatoms. The van der Waals surface area contributed by atoms with Crippen molar-refractivity contribution in [3.63, 3.8) is 0 Å². The number of anilines is 3. The molecule has 0 aliphatic heterocycles. The normalized spacial score (nSPS) is 10.3. The van der Waals surface area contributed by atoms with E-state index < -0.39 is 0 Å². The highest BCUT2D eigenvalue weighted by atomic mass is 79.9. The highest BCUT2D eigenvalue weighted by Gasteiger charge is 2.12. The van der Waals surface area contributed by atoms with Crippen LogP contribution in [0.25, 0.3) is 0 Å². The number of methoxy groups -OCH3 is 2. The van der Waals surface area contributed by atoms with E-state index in [0.717, 1.165) is 10.2 Å². The van der Waals surface area contributed by atoms with Crippen LogP contribution in [-0.4, -0.2) is 25.1 Å². The third kappa shape index (κ3) is 4.33. The van der Waals surface area contributed by atoms with Crippen molar-refractivity contribution in [1.82, 2.24) is 4.98 Å². The SMILES string of the molecule is COc1ccc(Nc2nc(C(=O)Nc3ccc(Br)cc3)cs2)cc1OC. The molecule has 0 aliphatic rings. The van der Waals surface area contributed by atoms with Gasteiger partial charge in [0.05, 0.1) is 14.2 Å². The largest absolute Gasteiger partial charge is 0.493 e. The maximum absolute atomic E-state index is 12.3. The third-order valence-corrected chi connectivity index (χ3v) is 4.76. The van der Waals surface area contributed by atoms with Crippen LogP contribution in [0.3, 0.4) is 0 Å². The Morgan fingerprint density at radius 2 is 1.73 bits per heavy atom. The molecule has 134 valence electrons. The Labute approximate surface area is 163 Å². The first-order valence-corrected chi connectivity index (χ1v) is 9.28. The summed E-state index contributed by atoms with van der Waals surface area (Å²) in [7, 11) is 3.16. The van der Waals surface area contributed by atoms with Crippen LogP contribution in [0.2, 0.25) is 0 Å². The second-order valence-electron chi connectivity index (χ2n) is 5.19. The van der Waals surface area contributed by atoms with Crippen LogP contribution >= 0.6 is 27.3 Å². The van der Waals surface area contributed by atoms with E-state index >= 15 is 0 Å². The predicted molar refractivity (Wildman–Crippen MR) is 107 cm³/mol. The van der Waals surface area contributed by atoms with Crippen LogP contribution in [-0.2, 0) is 0 Å². The number of benzene rings is 2. The van der Waals surface area contributed by atoms with Gasteiger partial charge in [0.2, 0.25) is 0 Å². The van der Waals surface area contributed by atoms with Gasteiger partial charge in [-0.2, -0.15) is 0 Å². The fourth-order valence-corrected chi connectivity index (χ4v) is 3.18. The zero-order chi connectivity index (χ0) is 18.5. The zero-order valence-electron chi connectivity index (χ0n) is 14.1. The fraction of sp³-hybridized carbons (Fsp3) is 0.111. The molecule has 0 atom stereocenters. The molecule has 2 aromatic carbocycles. The highest BCUT2D eigenvalue weighted by Crippen LogP contribution is 2.31. The second kappa shape index (κ2) is 8.20. The maximum Gasteiger partial charge on any atom is 0.275 e. The molecule has 0 saturated carbocycles. The minimum atomic E-state index is -0.260. The average Bonchev–Trinajstić information content (AvgIpc) is 3.12. The van der Waals surface area contributed by atoms with Crippen LogP contribution < -0.4 is 20.1 Å². The van der Waals surface area contributed by atoms with Gasteiger partial charge >= 0.3 is 0 Å². The van der Waals surface area contributed by atoms with Gasteiger partial charge in [0.25, 0.3) is 5.91 Å². The lowest BCUT2D eigenvalue weighted by Gasteiger charge is -2.09. The summed E-state index contributed by atoms with van der Waals surface area (Å²) in [6, 6.07) is 12.8. The van der Waals surface area contributed by atoms with Crippen LogP contribution in [0.15, 0.2) is 52.3 Å². The second-order valence-corrected chi connectivity index (χ2v) is 6.97. The van der Waals surface area contributed by atoms with Crippen LogP contribution in [0.1, 0.15) is 10.5 Å². The molecule has 0 radical (unpaired) electrons. The Balaban J connectivity index is 1.69. The Morgan fingerprint density at radius 3 is 2.42 bits per heavy atom. The first-order chi connectivity index (χ1) is 12.6. The fourth-order valence-electron chi connectivity index (χ4n) is 2.20. The number of nitrogens with one attached hydrogen (secondary N) is 2. The van der Waals surface area contributed by atoms with Gasteiger partial charge in [-0.3, -0.25) is 4.79 Å². The van der Waals surface area contributed by atoms with Crippen molar-refractivity contribution in [3.8, 4) is 11.5 Å². The number of nitrogens with zero attached hydrogens (tertiary/aromatic N) is 1. The minimum absolute atomic E-state index is 0.260. The van der Waals surface area contributed by atoms with Crippen molar-refractivity contribution in [1.29, 1.82) is 0 Å². The van der Waals surface area contributed by atoms with Crippen molar-refractivity contribution >= 4 is 49.7 Å². The summed E-state index contributed by atoms with van der Waals surface area (Å²) in [5, 5.41) is 8.29. The average molecular weight is 434 g/mol. The van der Waals surface area contributed by atoms with Gasteiger partial charge in [0.1, 0.15) is 5.69 Å². The number of carbonyl (C=O) groups excluding carboxylic acids is 1. The van der Waals surface area contributed by atoms with Gasteiger partial charge in [-0.25, -0.2) is 4.98 Å². The lowest BCUT2D eigenvalue weighted by molar-refractivity contribution is 0.102. The molecule has 3 rings (SSSR count). The van der Waals surface area contributed by atoms with Crippen molar-refractivity contribution in [2.24, 2.45) is 0 Å². The molecule has 0 spiro atoms. The van der Waals surface area contributed by atoms with Crippen molar-refractivity contribution in [2.45, 2.75) is 0 Å². The third-order valence-electron chi connectivity index (χ3n) is 3.47. The molecule has 0 aliphatic carbocycles. The molecule has 3 aromatic rings. The molecule has 1 heterocycles. The molecule has 0 bridgehead atoms. The standard InChI is InChI=1S/C18H16BrN3O3S/c1-24-15-8-7-13(9-16(15)25-2)21-18-22-14(10-26-18)17(23)20-12-5-3-11(19)4-6-12/h3-10H,1-2H3,(H,20,23)(H,21,22). The van der Waals surface area contributed by atoms with Gasteiger partial charge < -0.3 is 20.1 Å². The number of ether oxygens (including phenoxy) is 2. The summed E-state index contributed by atoms with van der Waals surface area (Å²) in [4.78, 5) is 16.6. The maximum atomic E-state index is 12.3. The number of carbonyl (C=O) groups is 1. The number of hydrogen-bond donors (Lipinski definition) is 2. The van der Waals surface area contributed by atoms with E-state index in [4.69, 9.17) is 9.47 Å². The first kappa shape index (κ1) is 18.2. The molecular formula is C18H16BrN3O3S. The molecular weight excluding hydrogens is 418 g/mol. The number of thiazole rings is 1. The van der Waals surface area contributed by atoms with Gasteiger partial charge in [-0.1, -0.05) is 15.9 Å². The van der Waals surface area contributed by atoms with E-state index in [1.807, 2.05) is 36.4 Å². The zero-order valence-corrected chi connectivity index (χ0v) is 16.5. The number of hydrogen-bond acceptors (Lipinski definition) is 6. The monoisotopic (exact) mass is 433 g/mol. The highest BCUT2D eigenvalue weighted by molar-refractivity contribution is 9.10. The molecule has 26 heavy (non-hydrogen) atoms. The summed E-state index contributed by atoms with van der Waals surface area (Å²) in [6.45, 7) is 0. The Kier molecular flexibility index (Phi) is 5.75. The van der Waals surface area contributed by atoms with Gasteiger partial charge in [-0.05, 0) is 36.4 Å². The molecule has 0 saturated heterocycles. The quantitative estimate of drug-likeness (QED) is 0.576.